The van der Waals surface area contributed by atoms with E-state index in [1.165, 1.54) is 12.3 Å². The van der Waals surface area contributed by atoms with Gasteiger partial charge < -0.3 is 5.73 Å². The molecule has 0 saturated heterocycles. The summed E-state index contributed by atoms with van der Waals surface area (Å²) in [5.41, 5.74) is 5.77. The molecule has 0 fully saturated rings. The van der Waals surface area contributed by atoms with E-state index < -0.39 is 5.82 Å². The average Bonchev–Trinajstić information content (AvgIpc) is 2.25. The number of nitrogens with zero attached hydrogens (tertiary/aromatic N) is 1. The molecule has 0 radical (unpaired) electrons. The summed E-state index contributed by atoms with van der Waals surface area (Å²) in [5.74, 6) is -0.245. The first-order valence-corrected chi connectivity index (χ1v) is 4.97. The first kappa shape index (κ1) is 11.8. The van der Waals surface area contributed by atoms with Gasteiger partial charge in [-0.25, -0.2) is 4.39 Å². The van der Waals surface area contributed by atoms with Gasteiger partial charge in [0.2, 0.25) is 0 Å². The lowest BCUT2D eigenvalue weighted by Crippen LogP contribution is -2.12. The molecule has 82 valence electrons. The van der Waals surface area contributed by atoms with Gasteiger partial charge in [-0.05, 0) is 24.9 Å². The van der Waals surface area contributed by atoms with Crippen LogP contribution in [-0.4, -0.2) is 17.3 Å². The van der Waals surface area contributed by atoms with Gasteiger partial charge in [0.25, 0.3) is 0 Å². The van der Waals surface area contributed by atoms with Crippen LogP contribution in [0.4, 0.5) is 4.39 Å². The lowest BCUT2D eigenvalue weighted by atomic mass is 10.0. The Kier molecular flexibility index (Phi) is 4.37. The SMILES string of the molecule is CC(CN)CCC(=O)c1cncc(F)c1. The first-order valence-electron chi connectivity index (χ1n) is 4.97. The molecule has 1 aromatic heterocycles. The third kappa shape index (κ3) is 3.75. The van der Waals surface area contributed by atoms with Crippen molar-refractivity contribution in [2.45, 2.75) is 19.8 Å². The van der Waals surface area contributed by atoms with Gasteiger partial charge in [0.1, 0.15) is 5.82 Å². The first-order chi connectivity index (χ1) is 7.13. The van der Waals surface area contributed by atoms with Crippen molar-refractivity contribution in [2.24, 2.45) is 11.7 Å². The van der Waals surface area contributed by atoms with Crippen LogP contribution in [0.5, 0.6) is 0 Å². The lowest BCUT2D eigenvalue weighted by Gasteiger charge is -2.06. The smallest absolute Gasteiger partial charge is 0.164 e. The highest BCUT2D eigenvalue weighted by Crippen LogP contribution is 2.10. The second-order valence-electron chi connectivity index (χ2n) is 3.69. The standard InChI is InChI=1S/C11H15FN2O/c1-8(5-13)2-3-11(15)9-4-10(12)7-14-6-9/h4,6-8H,2-3,5,13H2,1H3. The van der Waals surface area contributed by atoms with Crippen molar-refractivity contribution in [3.63, 3.8) is 0 Å². The molecule has 1 heterocycles. The summed E-state index contributed by atoms with van der Waals surface area (Å²) in [7, 11) is 0. The zero-order chi connectivity index (χ0) is 11.3. The fraction of sp³-hybridized carbons (Fsp3) is 0.455. The molecule has 1 atom stereocenters. The van der Waals surface area contributed by atoms with Gasteiger partial charge in [-0.15, -0.1) is 0 Å². The predicted octanol–water partition coefficient (Wildman–Crippen LogP) is 1.78. The van der Waals surface area contributed by atoms with Crippen LogP contribution in [0.1, 0.15) is 30.1 Å². The molecule has 0 bridgehead atoms. The van der Waals surface area contributed by atoms with E-state index in [2.05, 4.69) is 4.98 Å². The van der Waals surface area contributed by atoms with Crippen molar-refractivity contribution in [3.8, 4) is 0 Å². The number of Topliss-reactive ketones (excluding diaryl/α,β-unsaturated/α-hetero) is 1. The second kappa shape index (κ2) is 5.56. The molecule has 1 rings (SSSR count). The lowest BCUT2D eigenvalue weighted by molar-refractivity contribution is 0.0974. The van der Waals surface area contributed by atoms with Crippen LogP contribution in [-0.2, 0) is 0 Å². The molecule has 1 aromatic rings. The Hall–Kier alpha value is -1.29. The minimum Gasteiger partial charge on any atom is -0.330 e. The Balaban J connectivity index is 2.54. The van der Waals surface area contributed by atoms with Crippen molar-refractivity contribution in [3.05, 3.63) is 29.8 Å². The number of nitrogens with two attached hydrogens (primary N) is 1. The second-order valence-corrected chi connectivity index (χ2v) is 3.69. The quantitative estimate of drug-likeness (QED) is 0.753. The highest BCUT2D eigenvalue weighted by atomic mass is 19.1. The van der Waals surface area contributed by atoms with Crippen LogP contribution < -0.4 is 5.73 Å². The summed E-state index contributed by atoms with van der Waals surface area (Å²) in [6, 6.07) is 1.21. The maximum Gasteiger partial charge on any atom is 0.164 e. The van der Waals surface area contributed by atoms with E-state index in [1.807, 2.05) is 6.92 Å². The number of hydrogen-bond acceptors (Lipinski definition) is 3. The Morgan fingerprint density at radius 1 is 1.60 bits per heavy atom. The van der Waals surface area contributed by atoms with Gasteiger partial charge in [-0.3, -0.25) is 9.78 Å². The van der Waals surface area contributed by atoms with Gasteiger partial charge in [-0.1, -0.05) is 6.92 Å². The number of carbonyl (C=O) groups is 1. The van der Waals surface area contributed by atoms with Gasteiger partial charge in [0.15, 0.2) is 5.78 Å². The Morgan fingerprint density at radius 2 is 2.33 bits per heavy atom. The molecule has 0 aliphatic heterocycles. The van der Waals surface area contributed by atoms with Crippen LogP contribution in [0.15, 0.2) is 18.5 Å². The van der Waals surface area contributed by atoms with E-state index in [4.69, 9.17) is 5.73 Å². The van der Waals surface area contributed by atoms with E-state index in [0.29, 0.717) is 24.4 Å². The van der Waals surface area contributed by atoms with Crippen LogP contribution >= 0.6 is 0 Å². The number of hydrogen-bond donors (Lipinski definition) is 1. The molecule has 0 aliphatic rings. The molecule has 3 nitrogen and oxygen atoms in total. The topological polar surface area (TPSA) is 56.0 Å². The molecule has 1 unspecified atom stereocenters. The maximum atomic E-state index is 12.8. The van der Waals surface area contributed by atoms with Crippen LogP contribution in [0, 0.1) is 11.7 Å². The van der Waals surface area contributed by atoms with Crippen molar-refractivity contribution < 1.29 is 9.18 Å². The zero-order valence-corrected chi connectivity index (χ0v) is 8.74. The fourth-order valence-electron chi connectivity index (χ4n) is 1.20. The molecule has 4 heteroatoms. The molecule has 0 aromatic carbocycles. The highest BCUT2D eigenvalue weighted by molar-refractivity contribution is 5.95. The Morgan fingerprint density at radius 3 is 2.93 bits per heavy atom. The number of pyridine rings is 1. The minimum absolute atomic E-state index is 0.0812. The highest BCUT2D eigenvalue weighted by Gasteiger charge is 2.09. The average molecular weight is 210 g/mol. The third-order valence-electron chi connectivity index (χ3n) is 2.29. The molecule has 15 heavy (non-hydrogen) atoms. The third-order valence-corrected chi connectivity index (χ3v) is 2.29. The molecule has 0 aliphatic carbocycles. The molecule has 0 amide bonds. The summed E-state index contributed by atoms with van der Waals surface area (Å²) >= 11 is 0. The van der Waals surface area contributed by atoms with Crippen LogP contribution in [0.3, 0.4) is 0 Å². The van der Waals surface area contributed by atoms with Gasteiger partial charge in [0.05, 0.1) is 6.20 Å². The largest absolute Gasteiger partial charge is 0.330 e. The van der Waals surface area contributed by atoms with Crippen molar-refractivity contribution >= 4 is 5.78 Å². The van der Waals surface area contributed by atoms with Crippen molar-refractivity contribution in [2.75, 3.05) is 6.54 Å². The van der Waals surface area contributed by atoms with Crippen LogP contribution in [0.25, 0.3) is 0 Å². The van der Waals surface area contributed by atoms with Crippen molar-refractivity contribution in [1.82, 2.24) is 4.98 Å². The Bertz CT molecular complexity index is 341. The summed E-state index contributed by atoms with van der Waals surface area (Å²) in [6.07, 6.45) is 3.59. The Labute approximate surface area is 88.5 Å². The summed E-state index contributed by atoms with van der Waals surface area (Å²) in [5, 5.41) is 0. The maximum absolute atomic E-state index is 12.8. The predicted molar refractivity (Wildman–Crippen MR) is 56.0 cm³/mol. The molecular weight excluding hydrogens is 195 g/mol. The fourth-order valence-corrected chi connectivity index (χ4v) is 1.20. The van der Waals surface area contributed by atoms with Gasteiger partial charge >= 0.3 is 0 Å². The number of halogens is 1. The minimum atomic E-state index is -0.479. The molecule has 0 spiro atoms. The number of rotatable bonds is 5. The van der Waals surface area contributed by atoms with E-state index in [-0.39, 0.29) is 5.78 Å². The van der Waals surface area contributed by atoms with Crippen molar-refractivity contribution in [1.29, 1.82) is 0 Å². The molecular formula is C11H15FN2O. The molecule has 2 N–H and O–H groups in total. The monoisotopic (exact) mass is 210 g/mol. The van der Waals surface area contributed by atoms with Gasteiger partial charge in [0, 0.05) is 18.2 Å². The summed E-state index contributed by atoms with van der Waals surface area (Å²) < 4.78 is 12.8. The number of aromatic nitrogens is 1. The van der Waals surface area contributed by atoms with E-state index >= 15 is 0 Å². The number of ketones is 1. The number of carbonyl (C=O) groups excluding carboxylic acids is 1. The van der Waals surface area contributed by atoms with Gasteiger partial charge in [-0.2, -0.15) is 0 Å². The summed E-state index contributed by atoms with van der Waals surface area (Å²) in [6.45, 7) is 2.55. The molecule has 0 saturated carbocycles. The normalized spacial score (nSPS) is 12.5. The van der Waals surface area contributed by atoms with E-state index in [0.717, 1.165) is 12.6 Å². The zero-order valence-electron chi connectivity index (χ0n) is 8.74. The van der Waals surface area contributed by atoms with E-state index in [9.17, 15) is 9.18 Å². The van der Waals surface area contributed by atoms with Crippen LogP contribution in [0.2, 0.25) is 0 Å². The van der Waals surface area contributed by atoms with E-state index in [1.54, 1.807) is 0 Å². The summed E-state index contributed by atoms with van der Waals surface area (Å²) in [4.78, 5) is 15.2.